The minimum absolute atomic E-state index is 0. The van der Waals surface area contributed by atoms with E-state index in [0.29, 0.717) is 0 Å². The Morgan fingerprint density at radius 3 is 1.73 bits per heavy atom. The molecule has 0 spiro atoms. The maximum absolute atomic E-state index is 10.5. The molecular formula is C7H8Cl2O5S. The predicted molar refractivity (Wildman–Crippen MR) is 57.7 cm³/mol. The molecule has 0 aliphatic rings. The smallest absolute Gasteiger partial charge is 0.335 e. The maximum atomic E-state index is 10.5. The van der Waals surface area contributed by atoms with Gasteiger partial charge in [-0.25, -0.2) is 4.79 Å². The van der Waals surface area contributed by atoms with Gasteiger partial charge in [-0.05, 0) is 24.3 Å². The van der Waals surface area contributed by atoms with E-state index >= 15 is 0 Å². The van der Waals surface area contributed by atoms with Gasteiger partial charge in [0.05, 0.1) is 10.5 Å². The first-order valence-corrected chi connectivity index (χ1v) is 4.66. The van der Waals surface area contributed by atoms with Crippen molar-refractivity contribution in [1.29, 1.82) is 0 Å². The zero-order valence-corrected chi connectivity index (χ0v) is 9.60. The number of rotatable bonds is 2. The van der Waals surface area contributed by atoms with Crippen molar-refractivity contribution in [2.75, 3.05) is 0 Å². The first-order chi connectivity index (χ1) is 5.91. The van der Waals surface area contributed by atoms with Gasteiger partial charge in [-0.2, -0.15) is 8.42 Å². The Kier molecular flexibility index (Phi) is 6.55. The Bertz CT molecular complexity index is 425. The first-order valence-electron chi connectivity index (χ1n) is 3.22. The van der Waals surface area contributed by atoms with E-state index in [1.54, 1.807) is 0 Å². The molecule has 0 atom stereocenters. The van der Waals surface area contributed by atoms with Crippen LogP contribution < -0.4 is 0 Å². The number of carbonyl (C=O) groups is 1. The van der Waals surface area contributed by atoms with Crippen molar-refractivity contribution < 1.29 is 22.9 Å². The molecule has 15 heavy (non-hydrogen) atoms. The van der Waals surface area contributed by atoms with Gasteiger partial charge in [0.15, 0.2) is 0 Å². The molecule has 0 aliphatic heterocycles. The van der Waals surface area contributed by atoms with Crippen LogP contribution in [-0.4, -0.2) is 24.0 Å². The average molecular weight is 275 g/mol. The Hall–Kier alpha value is -0.820. The van der Waals surface area contributed by atoms with Gasteiger partial charge in [0.1, 0.15) is 0 Å². The third kappa shape index (κ3) is 4.48. The number of carboxylic acids is 1. The normalized spacial score (nSPS) is 9.67. The highest BCUT2D eigenvalue weighted by molar-refractivity contribution is 7.85. The average Bonchev–Trinajstić information content (AvgIpc) is 2.03. The van der Waals surface area contributed by atoms with Crippen LogP contribution in [0.15, 0.2) is 29.2 Å². The van der Waals surface area contributed by atoms with E-state index in [1.807, 2.05) is 0 Å². The molecule has 1 aromatic carbocycles. The molecule has 2 N–H and O–H groups in total. The molecule has 0 radical (unpaired) electrons. The molecule has 1 rings (SSSR count). The van der Waals surface area contributed by atoms with Gasteiger partial charge in [-0.3, -0.25) is 4.55 Å². The van der Waals surface area contributed by atoms with Gasteiger partial charge in [0, 0.05) is 0 Å². The van der Waals surface area contributed by atoms with Gasteiger partial charge >= 0.3 is 5.97 Å². The van der Waals surface area contributed by atoms with E-state index in [2.05, 4.69) is 0 Å². The summed E-state index contributed by atoms with van der Waals surface area (Å²) in [5.74, 6) is -1.15. The summed E-state index contributed by atoms with van der Waals surface area (Å²) in [6.07, 6.45) is 0. The van der Waals surface area contributed by atoms with Crippen molar-refractivity contribution in [3.05, 3.63) is 29.8 Å². The molecule has 0 saturated carbocycles. The number of hydrogen-bond donors (Lipinski definition) is 2. The van der Waals surface area contributed by atoms with Crippen molar-refractivity contribution in [2.24, 2.45) is 0 Å². The molecule has 0 saturated heterocycles. The van der Waals surface area contributed by atoms with Crippen LogP contribution in [-0.2, 0) is 10.1 Å². The van der Waals surface area contributed by atoms with Crippen LogP contribution in [0.4, 0.5) is 0 Å². The summed E-state index contributed by atoms with van der Waals surface area (Å²) < 4.78 is 29.6. The second-order valence-electron chi connectivity index (χ2n) is 2.30. The molecule has 0 fully saturated rings. The van der Waals surface area contributed by atoms with Gasteiger partial charge in [-0.15, -0.1) is 24.8 Å². The van der Waals surface area contributed by atoms with Gasteiger partial charge in [0.2, 0.25) is 0 Å². The summed E-state index contributed by atoms with van der Waals surface area (Å²) in [7, 11) is -4.24. The molecule has 0 bridgehead atoms. The quantitative estimate of drug-likeness (QED) is 0.797. The van der Waals surface area contributed by atoms with Crippen molar-refractivity contribution in [2.45, 2.75) is 4.90 Å². The highest BCUT2D eigenvalue weighted by Crippen LogP contribution is 2.09. The van der Waals surface area contributed by atoms with E-state index in [1.165, 1.54) is 0 Å². The Morgan fingerprint density at radius 2 is 1.47 bits per heavy atom. The number of aromatic carboxylic acids is 1. The summed E-state index contributed by atoms with van der Waals surface area (Å²) in [5, 5.41) is 8.47. The SMILES string of the molecule is Cl.Cl.O=C(O)c1ccc(S(=O)(=O)O)cc1. The van der Waals surface area contributed by atoms with E-state index in [4.69, 9.17) is 9.66 Å². The van der Waals surface area contributed by atoms with Crippen molar-refractivity contribution in [3.63, 3.8) is 0 Å². The maximum Gasteiger partial charge on any atom is 0.335 e. The molecule has 0 amide bonds. The standard InChI is InChI=1S/C7H6O5S.2ClH/c8-7(9)5-1-3-6(4-2-5)13(10,11)12;;/h1-4H,(H,8,9)(H,10,11,12);2*1H. The summed E-state index contributed by atoms with van der Waals surface area (Å²) in [5.41, 5.74) is -0.0348. The van der Waals surface area contributed by atoms with Crippen LogP contribution in [0.25, 0.3) is 0 Å². The van der Waals surface area contributed by atoms with E-state index in [9.17, 15) is 13.2 Å². The minimum Gasteiger partial charge on any atom is -0.478 e. The lowest BCUT2D eigenvalue weighted by Crippen LogP contribution is -2.00. The van der Waals surface area contributed by atoms with E-state index < -0.39 is 16.1 Å². The topological polar surface area (TPSA) is 91.7 Å². The summed E-state index contributed by atoms with van der Waals surface area (Å²) in [4.78, 5) is 10.0. The summed E-state index contributed by atoms with van der Waals surface area (Å²) in [6.45, 7) is 0. The molecule has 86 valence electrons. The molecule has 0 heterocycles. The second-order valence-corrected chi connectivity index (χ2v) is 3.73. The van der Waals surface area contributed by atoms with Crippen molar-refractivity contribution >= 4 is 40.9 Å². The molecule has 1 aromatic rings. The Labute approximate surface area is 98.7 Å². The summed E-state index contributed by atoms with van der Waals surface area (Å²) >= 11 is 0. The number of halogens is 2. The van der Waals surface area contributed by atoms with Crippen LogP contribution in [0, 0.1) is 0 Å². The van der Waals surface area contributed by atoms with Crippen molar-refractivity contribution in [1.82, 2.24) is 0 Å². The molecule has 0 aromatic heterocycles. The van der Waals surface area contributed by atoms with E-state index in [0.717, 1.165) is 24.3 Å². The lowest BCUT2D eigenvalue weighted by molar-refractivity contribution is 0.0696. The number of carboxylic acid groups (broad SMARTS) is 1. The van der Waals surface area contributed by atoms with Crippen LogP contribution in [0.5, 0.6) is 0 Å². The third-order valence-electron chi connectivity index (χ3n) is 1.40. The highest BCUT2D eigenvalue weighted by Gasteiger charge is 2.09. The highest BCUT2D eigenvalue weighted by atomic mass is 35.5. The van der Waals surface area contributed by atoms with Gasteiger partial charge in [-0.1, -0.05) is 0 Å². The van der Waals surface area contributed by atoms with Crippen molar-refractivity contribution in [3.8, 4) is 0 Å². The molecule has 0 unspecified atom stereocenters. The second kappa shape index (κ2) is 5.92. The summed E-state index contributed by atoms with van der Waals surface area (Å²) in [6, 6.07) is 4.26. The predicted octanol–water partition coefficient (Wildman–Crippen LogP) is 1.48. The Morgan fingerprint density at radius 1 is 1.07 bits per heavy atom. The Balaban J connectivity index is 0. The van der Waals surface area contributed by atoms with Crippen LogP contribution >= 0.6 is 24.8 Å². The fraction of sp³-hybridized carbons (Fsp3) is 0. The first kappa shape index (κ1) is 16.6. The zero-order valence-electron chi connectivity index (χ0n) is 7.15. The van der Waals surface area contributed by atoms with Gasteiger partial charge < -0.3 is 5.11 Å². The lowest BCUT2D eigenvalue weighted by atomic mass is 10.2. The fourth-order valence-corrected chi connectivity index (χ4v) is 1.25. The minimum atomic E-state index is -4.24. The molecule has 8 heteroatoms. The number of benzene rings is 1. The fourth-order valence-electron chi connectivity index (χ4n) is 0.769. The van der Waals surface area contributed by atoms with E-state index in [-0.39, 0.29) is 35.3 Å². The number of hydrogen-bond acceptors (Lipinski definition) is 3. The monoisotopic (exact) mass is 274 g/mol. The zero-order chi connectivity index (χ0) is 10.1. The van der Waals surface area contributed by atoms with Crippen LogP contribution in [0.1, 0.15) is 10.4 Å². The van der Waals surface area contributed by atoms with Crippen LogP contribution in [0.3, 0.4) is 0 Å². The lowest BCUT2D eigenvalue weighted by Gasteiger charge is -1.96. The largest absolute Gasteiger partial charge is 0.478 e. The molecule has 0 aliphatic carbocycles. The molecule has 5 nitrogen and oxygen atoms in total. The van der Waals surface area contributed by atoms with Gasteiger partial charge in [0.25, 0.3) is 10.1 Å². The van der Waals surface area contributed by atoms with Crippen LogP contribution in [0.2, 0.25) is 0 Å². The third-order valence-corrected chi connectivity index (χ3v) is 2.27. The molecular weight excluding hydrogens is 267 g/mol.